The van der Waals surface area contributed by atoms with E-state index in [2.05, 4.69) is 10.2 Å². The van der Waals surface area contributed by atoms with Crippen LogP contribution in [0.5, 0.6) is 5.75 Å². The average Bonchev–Trinajstić information content (AvgIpc) is 2.64. The van der Waals surface area contributed by atoms with Gasteiger partial charge in [-0.2, -0.15) is 13.5 Å². The summed E-state index contributed by atoms with van der Waals surface area (Å²) in [5, 5.41) is 18.7. The van der Waals surface area contributed by atoms with E-state index >= 15 is 0 Å². The molecule has 0 saturated carbocycles. The van der Waals surface area contributed by atoms with Crippen molar-refractivity contribution in [2.45, 2.75) is 14.7 Å². The zero-order valence-corrected chi connectivity index (χ0v) is 26.8. The van der Waals surface area contributed by atoms with Crippen LogP contribution >= 0.6 is 0 Å². The Morgan fingerprint density at radius 3 is 1.89 bits per heavy atom. The van der Waals surface area contributed by atoms with Crippen molar-refractivity contribution < 1.29 is 133 Å². The van der Waals surface area contributed by atoms with E-state index in [-0.39, 0.29) is 99.7 Å². The molecule has 0 saturated heterocycles. The van der Waals surface area contributed by atoms with Gasteiger partial charge >= 0.3 is 88.7 Å². The molecule has 3 rings (SSSR count). The quantitative estimate of drug-likeness (QED) is 0.126. The fourth-order valence-electron chi connectivity index (χ4n) is 2.73. The molecule has 0 unspecified atom stereocenters. The molecule has 3 N–H and O–H groups in total. The van der Waals surface area contributed by atoms with Gasteiger partial charge in [-0.3, -0.25) is 4.55 Å². The van der Waals surface area contributed by atoms with Crippen LogP contribution in [0.25, 0.3) is 10.8 Å². The minimum absolute atomic E-state index is 0. The molecule has 19 heteroatoms. The smallest absolute Gasteiger partial charge is 0.872 e. The van der Waals surface area contributed by atoms with E-state index in [0.29, 0.717) is 18.2 Å². The van der Waals surface area contributed by atoms with E-state index in [9.17, 15) is 44.0 Å². The first-order valence-electron chi connectivity index (χ1n) is 8.07. The Morgan fingerprint density at radius 2 is 1.37 bits per heavy atom. The van der Waals surface area contributed by atoms with E-state index in [4.69, 9.17) is 5.73 Å². The summed E-state index contributed by atoms with van der Waals surface area (Å²) in [5.41, 5.74) is 4.29. The van der Waals surface area contributed by atoms with Gasteiger partial charge in [0.25, 0.3) is 10.1 Å². The molecule has 0 bridgehead atoms. The number of nitrogens with zero attached hydrogens (tertiary/aromatic N) is 2. The number of rotatable bonds is 5. The summed E-state index contributed by atoms with van der Waals surface area (Å²) >= 11 is 0. The van der Waals surface area contributed by atoms with Gasteiger partial charge in [0.05, 0.1) is 21.2 Å². The van der Waals surface area contributed by atoms with Crippen molar-refractivity contribution in [2.75, 3.05) is 5.73 Å². The summed E-state index contributed by atoms with van der Waals surface area (Å²) in [6.45, 7) is 0. The van der Waals surface area contributed by atoms with E-state index < -0.39 is 67.6 Å². The topological polar surface area (TPSA) is 243 Å². The van der Waals surface area contributed by atoms with Crippen LogP contribution in [0.2, 0.25) is 0 Å². The second kappa shape index (κ2) is 12.6. The second-order valence-corrected chi connectivity index (χ2v) is 10.4. The molecule has 0 radical (unpaired) electrons. The zero-order chi connectivity index (χ0) is 24.1. The fourth-order valence-corrected chi connectivity index (χ4v) is 4.43. The molecule has 35 heavy (non-hydrogen) atoms. The number of hydrogen-bond donors (Lipinski definition) is 2. The molecule has 0 heterocycles. The Hall–Kier alpha value is -0.150. The molecule has 0 fully saturated rings. The molecule has 0 aromatic heterocycles. The summed E-state index contributed by atoms with van der Waals surface area (Å²) in [7, 11) is -15.0. The molecule has 3 aromatic rings. The Balaban J connectivity index is 0.00000385. The number of benzene rings is 3. The van der Waals surface area contributed by atoms with E-state index in [1.807, 2.05) is 0 Å². The Kier molecular flexibility index (Phi) is 12.5. The molecule has 0 aliphatic rings. The van der Waals surface area contributed by atoms with Crippen molar-refractivity contribution in [1.82, 2.24) is 0 Å². The fraction of sp³-hybridized carbons (Fsp3) is 0. The van der Waals surface area contributed by atoms with Crippen molar-refractivity contribution in [3.8, 4) is 5.75 Å². The van der Waals surface area contributed by atoms with Gasteiger partial charge in [0.1, 0.15) is 30.8 Å². The minimum atomic E-state index is -5.07. The molecule has 0 atom stereocenters. The summed E-state index contributed by atoms with van der Waals surface area (Å²) in [5.74, 6) is -1.05. The van der Waals surface area contributed by atoms with Crippen LogP contribution in [0.3, 0.4) is 0 Å². The summed E-state index contributed by atoms with van der Waals surface area (Å²) in [6, 6.07) is 6.05. The van der Waals surface area contributed by atoms with E-state index in [1.54, 1.807) is 0 Å². The number of nitrogen functional groups attached to an aromatic ring is 1. The van der Waals surface area contributed by atoms with Gasteiger partial charge in [0.2, 0.25) is 0 Å². The number of anilines is 1. The van der Waals surface area contributed by atoms with Crippen LogP contribution in [0.15, 0.2) is 67.4 Å². The van der Waals surface area contributed by atoms with Gasteiger partial charge in [-0.25, -0.2) is 16.8 Å². The first-order chi connectivity index (χ1) is 14.6. The maximum absolute atomic E-state index is 12.3. The molecule has 3 aromatic carbocycles. The summed E-state index contributed by atoms with van der Waals surface area (Å²) in [4.78, 5) is -2.57. The van der Waals surface area contributed by atoms with Crippen LogP contribution in [-0.2, 0) is 30.4 Å². The monoisotopic (exact) mass is 569 g/mol. The number of azo groups is 1. The van der Waals surface area contributed by atoms with Gasteiger partial charge in [-0.05, 0) is 41.1 Å². The van der Waals surface area contributed by atoms with Crippen LogP contribution in [0, 0.1) is 0 Å². The average molecular weight is 569 g/mol. The van der Waals surface area contributed by atoms with Gasteiger partial charge in [0, 0.05) is 0 Å². The van der Waals surface area contributed by atoms with Crippen molar-refractivity contribution in [3.63, 3.8) is 0 Å². The number of nitrogens with two attached hydrogens (primary N) is 1. The summed E-state index contributed by atoms with van der Waals surface area (Å²) < 4.78 is 100. The third kappa shape index (κ3) is 8.17. The van der Waals surface area contributed by atoms with Crippen molar-refractivity contribution in [2.24, 2.45) is 10.2 Å². The number of hydrogen-bond acceptors (Lipinski definition) is 12. The Labute approximate surface area is 266 Å². The van der Waals surface area contributed by atoms with Gasteiger partial charge < -0.3 is 19.9 Å². The van der Waals surface area contributed by atoms with Crippen molar-refractivity contribution >= 4 is 58.2 Å². The zero-order valence-electron chi connectivity index (χ0n) is 18.4. The third-order valence-corrected chi connectivity index (χ3v) is 6.60. The van der Waals surface area contributed by atoms with Crippen LogP contribution in [0.1, 0.15) is 0 Å². The normalized spacial score (nSPS) is 12.0. The van der Waals surface area contributed by atoms with Crippen molar-refractivity contribution in [3.05, 3.63) is 42.5 Å². The second-order valence-electron chi connectivity index (χ2n) is 6.24. The summed E-state index contributed by atoms with van der Waals surface area (Å²) in [6.07, 6.45) is 0. The Morgan fingerprint density at radius 1 is 0.800 bits per heavy atom. The maximum atomic E-state index is 12.3. The molecule has 13 nitrogen and oxygen atoms in total. The van der Waals surface area contributed by atoms with Crippen LogP contribution in [-0.4, -0.2) is 38.9 Å². The molecule has 170 valence electrons. The van der Waals surface area contributed by atoms with Gasteiger partial charge in [0.15, 0.2) is 0 Å². The van der Waals surface area contributed by atoms with Crippen molar-refractivity contribution in [1.29, 1.82) is 0 Å². The third-order valence-electron chi connectivity index (χ3n) is 4.09. The van der Waals surface area contributed by atoms with E-state index in [0.717, 1.165) is 18.2 Å². The molecular weight excluding hydrogens is 559 g/mol. The molecule has 0 aliphatic carbocycles. The first kappa shape index (κ1) is 34.9. The SMILES string of the molecule is Nc1c(N=Nc2cccc(S(=O)(=O)[O-])c2)c(S(=O)(=O)O)cc2cc(S(=O)(=O)[O-])cc([O-])c12.[Na+].[Na+].[Na+]. The van der Waals surface area contributed by atoms with Crippen LogP contribution < -0.4 is 99.5 Å². The van der Waals surface area contributed by atoms with E-state index in [1.165, 1.54) is 6.07 Å². The minimum Gasteiger partial charge on any atom is -0.872 e. The first-order valence-corrected chi connectivity index (χ1v) is 12.3. The van der Waals surface area contributed by atoms with Crippen LogP contribution in [0.4, 0.5) is 17.1 Å². The predicted octanol–water partition coefficient (Wildman–Crippen LogP) is -8.02. The largest absolute Gasteiger partial charge is 1.00 e. The predicted molar refractivity (Wildman–Crippen MR) is 104 cm³/mol. The molecule has 0 aliphatic heterocycles. The standard InChI is InChI=1S/C16H13N3O10S3.3Na/c17-15-14-8(4-11(7-12(14)20)31(24,25)26)5-13(32(27,28)29)16(15)19-18-9-2-1-3-10(6-9)30(21,22)23;;;/h1-7,20H,17H2,(H,21,22,23)(H,24,25,26)(H,27,28,29);;;/q;3*+1/p-3. The number of fused-ring (bicyclic) bond motifs is 1. The molecule has 0 spiro atoms. The maximum Gasteiger partial charge on any atom is 1.00 e. The molecule has 0 amide bonds. The molecular formula is C16H10N3Na3O10S3. The van der Waals surface area contributed by atoms with Gasteiger partial charge in [-0.1, -0.05) is 17.9 Å². The Bertz CT molecular complexity index is 1630. The van der Waals surface area contributed by atoms with Gasteiger partial charge in [-0.15, -0.1) is 5.11 Å².